The highest BCUT2D eigenvalue weighted by Crippen LogP contribution is 2.33. The summed E-state index contributed by atoms with van der Waals surface area (Å²) < 4.78 is 41.0. The van der Waals surface area contributed by atoms with E-state index in [4.69, 9.17) is 0 Å². The summed E-state index contributed by atoms with van der Waals surface area (Å²) in [5.74, 6) is -0.172. The topological polar surface area (TPSA) is 67.2 Å². The third kappa shape index (κ3) is 6.35. The maximum atomic E-state index is 14.4. The summed E-state index contributed by atoms with van der Waals surface area (Å²) in [6.45, 7) is 10.3. The van der Waals surface area contributed by atoms with Gasteiger partial charge in [-0.2, -0.15) is 13.2 Å². The van der Waals surface area contributed by atoms with Gasteiger partial charge in [-0.15, -0.1) is 11.3 Å². The number of thiazole rings is 1. The second kappa shape index (κ2) is 12.3. The van der Waals surface area contributed by atoms with Crippen LogP contribution >= 0.6 is 11.3 Å². The number of rotatable bonds is 6. The number of carbonyl (C=O) groups is 1. The molecule has 1 aliphatic heterocycles. The van der Waals surface area contributed by atoms with E-state index in [0.29, 0.717) is 65.8 Å². The Bertz CT molecular complexity index is 1740. The summed E-state index contributed by atoms with van der Waals surface area (Å²) in [5.41, 5.74) is 4.62. The van der Waals surface area contributed by atoms with E-state index in [1.165, 1.54) is 23.5 Å². The molecule has 1 amide bonds. The summed E-state index contributed by atoms with van der Waals surface area (Å²) in [4.78, 5) is 35.0. The lowest BCUT2D eigenvalue weighted by atomic mass is 10.0. The van der Waals surface area contributed by atoms with Crippen molar-refractivity contribution in [2.75, 3.05) is 26.2 Å². The highest BCUT2D eigenvalue weighted by atomic mass is 32.1. The van der Waals surface area contributed by atoms with Crippen molar-refractivity contribution in [3.05, 3.63) is 97.8 Å². The van der Waals surface area contributed by atoms with Gasteiger partial charge in [0.15, 0.2) is 0 Å². The van der Waals surface area contributed by atoms with Gasteiger partial charge in [-0.1, -0.05) is 36.8 Å². The molecule has 43 heavy (non-hydrogen) atoms. The number of aryl methyl sites for hydroxylation is 2. The van der Waals surface area contributed by atoms with Crippen LogP contribution in [0.5, 0.6) is 0 Å². The molecule has 1 saturated heterocycles. The molecule has 4 aromatic rings. The van der Waals surface area contributed by atoms with E-state index in [0.717, 1.165) is 28.8 Å². The number of pyridine rings is 1. The van der Waals surface area contributed by atoms with Crippen LogP contribution in [0.15, 0.2) is 64.3 Å². The van der Waals surface area contributed by atoms with Gasteiger partial charge in [-0.05, 0) is 68.7 Å². The van der Waals surface area contributed by atoms with Crippen LogP contribution in [0.1, 0.15) is 53.5 Å². The van der Waals surface area contributed by atoms with E-state index in [1.807, 2.05) is 52.0 Å². The van der Waals surface area contributed by atoms with Gasteiger partial charge < -0.3 is 10.2 Å². The number of nitrogens with one attached hydrogen (secondary N) is 1. The molecule has 6 nitrogen and oxygen atoms in total. The molecule has 224 valence electrons. The highest BCUT2D eigenvalue weighted by molar-refractivity contribution is 7.13. The van der Waals surface area contributed by atoms with E-state index in [1.54, 1.807) is 20.9 Å². The number of allylic oxidation sites excluding steroid dienone is 1. The predicted molar refractivity (Wildman–Crippen MR) is 166 cm³/mol. The normalized spacial score (nSPS) is 13.7. The molecule has 0 atom stereocenters. The van der Waals surface area contributed by atoms with Crippen LogP contribution < -0.4 is 10.9 Å². The van der Waals surface area contributed by atoms with Crippen LogP contribution in [0.25, 0.3) is 33.6 Å². The Morgan fingerprint density at radius 1 is 1.07 bits per heavy atom. The highest BCUT2D eigenvalue weighted by Gasteiger charge is 2.30. The van der Waals surface area contributed by atoms with Crippen molar-refractivity contribution in [3.8, 4) is 27.5 Å². The van der Waals surface area contributed by atoms with Crippen LogP contribution in [0, 0.1) is 6.92 Å². The molecule has 3 heterocycles. The first-order valence-electron chi connectivity index (χ1n) is 14.2. The lowest BCUT2D eigenvalue weighted by molar-refractivity contribution is -0.137. The second-order valence-electron chi connectivity index (χ2n) is 10.9. The molecular formula is C33H33F3N4O2S. The van der Waals surface area contributed by atoms with E-state index < -0.39 is 11.7 Å². The number of piperazine rings is 1. The Kier molecular flexibility index (Phi) is 8.71. The molecule has 10 heteroatoms. The van der Waals surface area contributed by atoms with Crippen molar-refractivity contribution >= 4 is 23.3 Å². The fourth-order valence-corrected chi connectivity index (χ4v) is 6.03. The molecular weight excluding hydrogens is 573 g/mol. The summed E-state index contributed by atoms with van der Waals surface area (Å²) >= 11 is 1.22. The minimum atomic E-state index is -4.44. The smallest absolute Gasteiger partial charge is 0.336 e. The lowest BCUT2D eigenvalue weighted by Crippen LogP contribution is -2.47. The van der Waals surface area contributed by atoms with Crippen molar-refractivity contribution in [2.24, 2.45) is 0 Å². The van der Waals surface area contributed by atoms with Gasteiger partial charge in [0, 0.05) is 37.1 Å². The van der Waals surface area contributed by atoms with Crippen LogP contribution in [0.3, 0.4) is 0 Å². The van der Waals surface area contributed by atoms with Gasteiger partial charge in [0.05, 0.1) is 33.8 Å². The molecule has 1 aliphatic rings. The summed E-state index contributed by atoms with van der Waals surface area (Å²) in [7, 11) is 0. The minimum Gasteiger partial charge on any atom is -0.336 e. The zero-order chi connectivity index (χ0) is 30.9. The fraction of sp³-hybridized carbons (Fsp3) is 0.303. The summed E-state index contributed by atoms with van der Waals surface area (Å²) in [6.07, 6.45) is -1.89. The largest absolute Gasteiger partial charge is 0.416 e. The molecule has 5 rings (SSSR count). The average Bonchev–Trinajstić information content (AvgIpc) is 3.47. The predicted octanol–water partition coefficient (Wildman–Crippen LogP) is 6.99. The standard InChI is InChI=1S/C33H33F3N4O2S/c1-5-22-7-6-21(4)17-28(22)40-29(16-20(2)3)25(31(41)39-14-12-37-13-15-39)18-26(32(40)42)30-38-27(19-43-30)23-8-10-24(11-9-23)33(34,35)36/h6-11,16-19,37H,5,12-15H2,1-4H3. The van der Waals surface area contributed by atoms with Crippen LogP contribution in [0.2, 0.25) is 0 Å². The van der Waals surface area contributed by atoms with E-state index in [2.05, 4.69) is 10.3 Å². The van der Waals surface area contributed by atoms with Gasteiger partial charge in [0.25, 0.3) is 11.5 Å². The third-order valence-corrected chi connectivity index (χ3v) is 8.28. The Morgan fingerprint density at radius 3 is 2.40 bits per heavy atom. The first kappa shape index (κ1) is 30.4. The van der Waals surface area contributed by atoms with Crippen molar-refractivity contribution in [2.45, 2.75) is 40.3 Å². The second-order valence-corrected chi connectivity index (χ2v) is 11.7. The maximum Gasteiger partial charge on any atom is 0.416 e. The zero-order valence-corrected chi connectivity index (χ0v) is 25.3. The Hall–Kier alpha value is -4.02. The quantitative estimate of drug-likeness (QED) is 0.257. The van der Waals surface area contributed by atoms with Crippen LogP contribution in [-0.4, -0.2) is 46.5 Å². The van der Waals surface area contributed by atoms with E-state index in [9.17, 15) is 22.8 Å². The molecule has 1 N–H and O–H groups in total. The van der Waals surface area contributed by atoms with E-state index in [-0.39, 0.29) is 17.0 Å². The summed E-state index contributed by atoms with van der Waals surface area (Å²) in [6, 6.07) is 12.4. The average molecular weight is 607 g/mol. The monoisotopic (exact) mass is 606 g/mol. The fourth-order valence-electron chi connectivity index (χ4n) is 5.19. The Balaban J connectivity index is 1.74. The number of hydrogen-bond donors (Lipinski definition) is 1. The third-order valence-electron chi connectivity index (χ3n) is 7.40. The molecule has 0 aliphatic carbocycles. The number of amides is 1. The SMILES string of the molecule is CCc1ccc(C)cc1-n1c(C=C(C)C)c(C(=O)N2CCNCC2)cc(-c2nc(-c3ccc(C(F)(F)F)cc3)cs2)c1=O. The van der Waals surface area contributed by atoms with Crippen LogP contribution in [0.4, 0.5) is 13.2 Å². The van der Waals surface area contributed by atoms with Crippen molar-refractivity contribution in [1.82, 2.24) is 19.8 Å². The number of nitrogens with zero attached hydrogens (tertiary/aromatic N) is 3. The van der Waals surface area contributed by atoms with E-state index >= 15 is 0 Å². The van der Waals surface area contributed by atoms with Crippen molar-refractivity contribution < 1.29 is 18.0 Å². The van der Waals surface area contributed by atoms with Crippen molar-refractivity contribution in [1.29, 1.82) is 0 Å². The number of halogens is 3. The van der Waals surface area contributed by atoms with Gasteiger partial charge in [-0.25, -0.2) is 4.98 Å². The van der Waals surface area contributed by atoms with Crippen molar-refractivity contribution in [3.63, 3.8) is 0 Å². The number of hydrogen-bond acceptors (Lipinski definition) is 5. The number of benzene rings is 2. The van der Waals surface area contributed by atoms with Gasteiger partial charge in [-0.3, -0.25) is 14.2 Å². The Morgan fingerprint density at radius 2 is 1.77 bits per heavy atom. The minimum absolute atomic E-state index is 0.172. The first-order chi connectivity index (χ1) is 20.5. The molecule has 2 aromatic carbocycles. The first-order valence-corrected chi connectivity index (χ1v) is 15.0. The maximum absolute atomic E-state index is 14.4. The molecule has 2 aromatic heterocycles. The molecule has 0 bridgehead atoms. The van der Waals surface area contributed by atoms with Crippen LogP contribution in [-0.2, 0) is 12.6 Å². The molecule has 0 radical (unpaired) electrons. The number of carbonyl (C=O) groups excluding carboxylic acids is 1. The number of aromatic nitrogens is 2. The Labute approximate surface area is 252 Å². The van der Waals surface area contributed by atoms with Gasteiger partial charge in [0.1, 0.15) is 5.01 Å². The number of alkyl halides is 3. The molecule has 1 fully saturated rings. The van der Waals surface area contributed by atoms with Gasteiger partial charge >= 0.3 is 6.18 Å². The molecule has 0 saturated carbocycles. The molecule has 0 unspecified atom stereocenters. The lowest BCUT2D eigenvalue weighted by Gasteiger charge is -2.29. The summed E-state index contributed by atoms with van der Waals surface area (Å²) in [5, 5.41) is 5.37. The van der Waals surface area contributed by atoms with Gasteiger partial charge in [0.2, 0.25) is 0 Å². The molecule has 0 spiro atoms. The zero-order valence-electron chi connectivity index (χ0n) is 24.5.